The number of hydrogen-bond acceptors (Lipinski definition) is 6. The average molecular weight is 646 g/mol. The fraction of sp³-hybridized carbons (Fsp3) is 0.209. The number of fused-ring (bicyclic) bond motifs is 2. The van der Waals surface area contributed by atoms with E-state index in [-0.39, 0.29) is 0 Å². The van der Waals surface area contributed by atoms with Crippen LogP contribution < -0.4 is 14.4 Å². The molecule has 0 atom stereocenters. The highest BCUT2D eigenvalue weighted by atomic mass is 16.6. The summed E-state index contributed by atoms with van der Waals surface area (Å²) >= 11 is 0. The smallest absolute Gasteiger partial charge is 0.346 e. The molecule has 0 radical (unpaired) electrons. The second-order valence-corrected chi connectivity index (χ2v) is 13.8. The summed E-state index contributed by atoms with van der Waals surface area (Å²) < 4.78 is 18.9. The fourth-order valence-electron chi connectivity index (χ4n) is 8.25. The van der Waals surface area contributed by atoms with Crippen LogP contribution in [0, 0.1) is 27.7 Å². The Balaban J connectivity index is 1.46. The van der Waals surface area contributed by atoms with Crippen molar-refractivity contribution in [3.05, 3.63) is 112 Å². The number of nitrogens with zero attached hydrogens (tertiary/aromatic N) is 1. The Hall–Kier alpha value is -5.62. The van der Waals surface area contributed by atoms with E-state index in [0.29, 0.717) is 39.5 Å². The van der Waals surface area contributed by atoms with Gasteiger partial charge in [0.2, 0.25) is 0 Å². The molecule has 6 heteroatoms. The lowest BCUT2D eigenvalue weighted by atomic mass is 9.84. The summed E-state index contributed by atoms with van der Waals surface area (Å²) in [6.07, 6.45) is 3.59. The van der Waals surface area contributed by atoms with Crippen LogP contribution in [-0.4, -0.2) is 25.0 Å². The third-order valence-electron chi connectivity index (χ3n) is 10.1. The number of aryl methyl sites for hydroxylation is 4. The van der Waals surface area contributed by atoms with Gasteiger partial charge in [-0.2, -0.15) is 0 Å². The molecule has 0 amide bonds. The fourth-order valence-corrected chi connectivity index (χ4v) is 8.25. The van der Waals surface area contributed by atoms with Gasteiger partial charge in [-0.3, -0.25) is 0 Å². The van der Waals surface area contributed by atoms with Gasteiger partial charge in [0.15, 0.2) is 0 Å². The van der Waals surface area contributed by atoms with Crippen molar-refractivity contribution in [2.24, 2.45) is 0 Å². The van der Waals surface area contributed by atoms with Crippen LogP contribution in [0.1, 0.15) is 62.2 Å². The number of ether oxygens (including phenoxy) is 3. The lowest BCUT2D eigenvalue weighted by molar-refractivity contribution is 0.0390. The first-order chi connectivity index (χ1) is 23.7. The zero-order chi connectivity index (χ0) is 33.6. The molecule has 7 aromatic carbocycles. The third kappa shape index (κ3) is 4.69. The summed E-state index contributed by atoms with van der Waals surface area (Å²) in [4.78, 5) is 29.5. The summed E-state index contributed by atoms with van der Waals surface area (Å²) in [7, 11) is 0. The van der Waals surface area contributed by atoms with Crippen molar-refractivity contribution in [2.75, 3.05) is 18.0 Å². The van der Waals surface area contributed by atoms with E-state index in [1.54, 1.807) is 12.1 Å². The number of rotatable bonds is 5. The maximum atomic E-state index is 13.5. The van der Waals surface area contributed by atoms with Gasteiger partial charge in [-0.05, 0) is 128 Å². The lowest BCUT2D eigenvalue weighted by Gasteiger charge is -2.31. The van der Waals surface area contributed by atoms with Crippen molar-refractivity contribution >= 4 is 60.7 Å². The monoisotopic (exact) mass is 645 g/mol. The molecule has 2 aliphatic heterocycles. The van der Waals surface area contributed by atoms with Crippen LogP contribution in [-0.2, 0) is 4.74 Å². The summed E-state index contributed by atoms with van der Waals surface area (Å²) in [6.45, 7) is 10.2. The second kappa shape index (κ2) is 11.0. The molecular weight excluding hydrogens is 610 g/mol. The van der Waals surface area contributed by atoms with Crippen molar-refractivity contribution in [1.82, 2.24) is 0 Å². The van der Waals surface area contributed by atoms with Gasteiger partial charge in [-0.1, -0.05) is 36.4 Å². The highest BCUT2D eigenvalue weighted by Gasteiger charge is 2.34. The topological polar surface area (TPSA) is 65.1 Å². The first-order valence-electron chi connectivity index (χ1n) is 17.0. The summed E-state index contributed by atoms with van der Waals surface area (Å²) in [5, 5.41) is 7.21. The molecule has 6 nitrogen and oxygen atoms in total. The molecule has 1 saturated heterocycles. The standard InChI is InChI=1S/C43H35NO5/c1-23-15-24(2)18-27(17-23)47-35-21-32-38-33(43(46)49-42(32)45)22-36(48-28-19-25(3)16-26(4)20-28)40-31-11-12-34(44-13-6-5-7-14-44)29-9-8-10-30(37(29)31)39(35)41(38)40/h8-12,15-22H,5-7,13-14H2,1-4H3. The Morgan fingerprint density at radius 3 is 1.59 bits per heavy atom. The maximum Gasteiger partial charge on any atom is 0.346 e. The van der Waals surface area contributed by atoms with Crippen molar-refractivity contribution in [3.8, 4) is 23.0 Å². The van der Waals surface area contributed by atoms with E-state index >= 15 is 0 Å². The highest BCUT2D eigenvalue weighted by Crippen LogP contribution is 2.52. The molecule has 0 spiro atoms. The number of carbonyl (C=O) groups is 2. The molecule has 2 aliphatic rings. The number of piperidine rings is 1. The molecule has 2 heterocycles. The molecule has 242 valence electrons. The molecule has 0 aromatic heterocycles. The van der Waals surface area contributed by atoms with Crippen LogP contribution in [0.5, 0.6) is 23.0 Å². The van der Waals surface area contributed by atoms with E-state index < -0.39 is 11.9 Å². The van der Waals surface area contributed by atoms with E-state index in [4.69, 9.17) is 14.2 Å². The molecule has 49 heavy (non-hydrogen) atoms. The number of carbonyl (C=O) groups excluding carboxylic acids is 2. The lowest BCUT2D eigenvalue weighted by Crippen LogP contribution is -2.29. The Kier molecular flexibility index (Phi) is 6.60. The van der Waals surface area contributed by atoms with Gasteiger partial charge < -0.3 is 19.1 Å². The van der Waals surface area contributed by atoms with Crippen LogP contribution in [0.4, 0.5) is 5.69 Å². The second-order valence-electron chi connectivity index (χ2n) is 13.8. The molecule has 7 aromatic rings. The number of benzene rings is 7. The van der Waals surface area contributed by atoms with Crippen molar-refractivity contribution in [2.45, 2.75) is 47.0 Å². The number of esters is 2. The molecule has 9 rings (SSSR count). The quantitative estimate of drug-likeness (QED) is 0.0803. The summed E-state index contributed by atoms with van der Waals surface area (Å²) in [5.41, 5.74) is 6.09. The maximum absolute atomic E-state index is 13.5. The number of hydrogen-bond donors (Lipinski definition) is 0. The molecule has 0 unspecified atom stereocenters. The zero-order valence-corrected chi connectivity index (χ0v) is 28.0. The Labute approximate surface area is 284 Å². The third-order valence-corrected chi connectivity index (χ3v) is 10.1. The van der Waals surface area contributed by atoms with Crippen LogP contribution in [0.25, 0.3) is 43.1 Å². The van der Waals surface area contributed by atoms with Gasteiger partial charge in [0.25, 0.3) is 0 Å². The SMILES string of the molecule is Cc1cc(C)cc(Oc2cc3c4c(cc(Oc5cc(C)cc(C)c5)c5c6ccc(N7CCCCC7)c7cccc(c2c45)c76)C(=O)OC3=O)c1. The van der Waals surface area contributed by atoms with Crippen molar-refractivity contribution < 1.29 is 23.8 Å². The van der Waals surface area contributed by atoms with Crippen molar-refractivity contribution in [1.29, 1.82) is 0 Å². The molecule has 0 bridgehead atoms. The molecule has 0 saturated carbocycles. The van der Waals surface area contributed by atoms with E-state index in [1.807, 2.05) is 52.0 Å². The predicted octanol–water partition coefficient (Wildman–Crippen LogP) is 10.9. The van der Waals surface area contributed by atoms with Crippen LogP contribution in [0.2, 0.25) is 0 Å². The largest absolute Gasteiger partial charge is 0.457 e. The van der Waals surface area contributed by atoms with Crippen molar-refractivity contribution in [3.63, 3.8) is 0 Å². The van der Waals surface area contributed by atoms with Gasteiger partial charge in [0.1, 0.15) is 23.0 Å². The van der Waals surface area contributed by atoms with Gasteiger partial charge in [0, 0.05) is 45.7 Å². The van der Waals surface area contributed by atoms with E-state index in [9.17, 15) is 9.59 Å². The van der Waals surface area contributed by atoms with E-state index in [1.165, 1.54) is 24.9 Å². The minimum absolute atomic E-state index is 0.299. The Morgan fingerprint density at radius 1 is 0.531 bits per heavy atom. The van der Waals surface area contributed by atoms with Crippen LogP contribution in [0.15, 0.2) is 78.9 Å². The summed E-state index contributed by atoms with van der Waals surface area (Å²) in [6, 6.07) is 26.5. The van der Waals surface area contributed by atoms with E-state index in [2.05, 4.69) is 47.4 Å². The minimum atomic E-state index is -0.687. The molecular formula is C43H35NO5. The first-order valence-corrected chi connectivity index (χ1v) is 17.0. The highest BCUT2D eigenvalue weighted by molar-refractivity contribution is 6.40. The molecule has 1 fully saturated rings. The number of anilines is 1. The predicted molar refractivity (Wildman–Crippen MR) is 195 cm³/mol. The van der Waals surface area contributed by atoms with Gasteiger partial charge in [0.05, 0.1) is 11.1 Å². The first kappa shape index (κ1) is 29.5. The number of cyclic esters (lactones) is 2. The Bertz CT molecular complexity index is 2380. The van der Waals surface area contributed by atoms with Gasteiger partial charge in [-0.15, -0.1) is 0 Å². The average Bonchev–Trinajstić information content (AvgIpc) is 3.06. The molecule has 0 N–H and O–H groups in total. The van der Waals surface area contributed by atoms with E-state index in [0.717, 1.165) is 73.0 Å². The van der Waals surface area contributed by atoms with Gasteiger partial charge >= 0.3 is 11.9 Å². The minimum Gasteiger partial charge on any atom is -0.457 e. The van der Waals surface area contributed by atoms with Gasteiger partial charge in [-0.25, -0.2) is 9.59 Å². The zero-order valence-electron chi connectivity index (χ0n) is 28.0. The van der Waals surface area contributed by atoms with Crippen LogP contribution >= 0.6 is 0 Å². The Morgan fingerprint density at radius 2 is 1.04 bits per heavy atom. The molecule has 0 aliphatic carbocycles. The van der Waals surface area contributed by atoms with Crippen LogP contribution in [0.3, 0.4) is 0 Å². The summed E-state index contributed by atoms with van der Waals surface area (Å²) in [5.74, 6) is 1.02. The normalized spacial score (nSPS) is 14.7.